The predicted molar refractivity (Wildman–Crippen MR) is 79.1 cm³/mol. The van der Waals surface area contributed by atoms with Crippen molar-refractivity contribution in [2.75, 3.05) is 21.1 Å². The lowest BCUT2D eigenvalue weighted by atomic mass is 10.1. The maximum atomic E-state index is 11.8. The molecule has 5 heteroatoms. The van der Waals surface area contributed by atoms with Gasteiger partial charge in [0.1, 0.15) is 0 Å². The molecule has 1 amide bonds. The van der Waals surface area contributed by atoms with Crippen molar-refractivity contribution in [3.63, 3.8) is 0 Å². The van der Waals surface area contributed by atoms with Crippen LogP contribution in [0.15, 0.2) is 36.5 Å². The number of nitrogens with zero attached hydrogens (tertiary/aromatic N) is 3. The second kappa shape index (κ2) is 5.88. The highest BCUT2D eigenvalue weighted by atomic mass is 16.2. The molecule has 2 rings (SSSR count). The van der Waals surface area contributed by atoms with E-state index in [2.05, 4.69) is 29.5 Å². The maximum absolute atomic E-state index is 11.8. The number of hydrogen-bond acceptors (Lipinski definition) is 3. The van der Waals surface area contributed by atoms with Crippen molar-refractivity contribution in [1.82, 2.24) is 20.0 Å². The lowest BCUT2D eigenvalue weighted by Crippen LogP contribution is -2.22. The Kier molecular flexibility index (Phi) is 4.20. The van der Waals surface area contributed by atoms with E-state index in [4.69, 9.17) is 0 Å². The minimum Gasteiger partial charge on any atom is -0.343 e. The van der Waals surface area contributed by atoms with Crippen molar-refractivity contribution >= 4 is 5.91 Å². The summed E-state index contributed by atoms with van der Waals surface area (Å²) in [6.07, 6.45) is 1.80. The Morgan fingerprint density at radius 2 is 1.90 bits per heavy atom. The number of carbonyl (C=O) groups is 1. The number of aromatic nitrogens is 2. The molecular weight excluding hydrogens is 252 g/mol. The minimum atomic E-state index is -0.0934. The van der Waals surface area contributed by atoms with E-state index in [9.17, 15) is 4.79 Å². The van der Waals surface area contributed by atoms with Crippen molar-refractivity contribution < 1.29 is 4.79 Å². The number of rotatable bonds is 4. The van der Waals surface area contributed by atoms with E-state index in [-0.39, 0.29) is 5.91 Å². The van der Waals surface area contributed by atoms with Crippen LogP contribution in [0.3, 0.4) is 0 Å². The maximum Gasteiger partial charge on any atom is 0.273 e. The molecule has 0 fully saturated rings. The van der Waals surface area contributed by atoms with Gasteiger partial charge in [0.25, 0.3) is 5.91 Å². The second-order valence-corrected chi connectivity index (χ2v) is 4.95. The normalized spacial score (nSPS) is 12.2. The summed E-state index contributed by atoms with van der Waals surface area (Å²) in [6.45, 7) is 2.11. The second-order valence-electron chi connectivity index (χ2n) is 4.95. The number of amides is 1. The van der Waals surface area contributed by atoms with Crippen LogP contribution in [-0.4, -0.2) is 41.7 Å². The summed E-state index contributed by atoms with van der Waals surface area (Å²) in [5.74, 6) is -0.0934. The molecule has 0 aliphatic carbocycles. The Balaban J connectivity index is 2.22. The van der Waals surface area contributed by atoms with Gasteiger partial charge in [-0.05, 0) is 37.7 Å². The Morgan fingerprint density at radius 3 is 2.45 bits per heavy atom. The molecule has 106 valence electrons. The molecule has 1 unspecified atom stereocenters. The number of benzene rings is 1. The third kappa shape index (κ3) is 2.88. The largest absolute Gasteiger partial charge is 0.343 e. The summed E-state index contributed by atoms with van der Waals surface area (Å²) in [5, 5.41) is 7.51. The first kappa shape index (κ1) is 14.3. The van der Waals surface area contributed by atoms with Crippen LogP contribution >= 0.6 is 0 Å². The van der Waals surface area contributed by atoms with Crippen LogP contribution in [0.2, 0.25) is 0 Å². The molecule has 20 heavy (non-hydrogen) atoms. The molecule has 2 aromatic rings. The molecule has 0 saturated carbocycles. The van der Waals surface area contributed by atoms with Gasteiger partial charge in [-0.15, -0.1) is 0 Å². The van der Waals surface area contributed by atoms with E-state index in [1.807, 2.05) is 19.2 Å². The Morgan fingerprint density at radius 1 is 1.25 bits per heavy atom. The standard InChI is InChI=1S/C15H20N4O/c1-11(16-2)12-5-7-13(8-6-12)19-10-9-14(17-19)15(20)18(3)4/h5-11,16H,1-4H3. The molecule has 5 nitrogen and oxygen atoms in total. The van der Waals surface area contributed by atoms with Crippen LogP contribution in [0, 0.1) is 0 Å². The molecule has 0 aliphatic heterocycles. The third-order valence-electron chi connectivity index (χ3n) is 3.31. The van der Waals surface area contributed by atoms with Crippen LogP contribution in [0.5, 0.6) is 0 Å². The predicted octanol–water partition coefficient (Wildman–Crippen LogP) is 1.85. The Bertz CT molecular complexity index is 586. The highest BCUT2D eigenvalue weighted by Gasteiger charge is 2.12. The number of nitrogens with one attached hydrogen (secondary N) is 1. The van der Waals surface area contributed by atoms with Crippen molar-refractivity contribution in [1.29, 1.82) is 0 Å². The molecule has 1 aromatic heterocycles. The van der Waals surface area contributed by atoms with Crippen LogP contribution in [-0.2, 0) is 0 Å². The molecule has 0 bridgehead atoms. The fourth-order valence-corrected chi connectivity index (χ4v) is 1.89. The zero-order chi connectivity index (χ0) is 14.7. The lowest BCUT2D eigenvalue weighted by Gasteiger charge is -2.11. The van der Waals surface area contributed by atoms with Gasteiger partial charge in [-0.3, -0.25) is 4.79 Å². The summed E-state index contributed by atoms with van der Waals surface area (Å²) >= 11 is 0. The van der Waals surface area contributed by atoms with E-state index in [1.165, 1.54) is 10.5 Å². The number of hydrogen-bond donors (Lipinski definition) is 1. The molecule has 1 N–H and O–H groups in total. The van der Waals surface area contributed by atoms with Gasteiger partial charge in [0, 0.05) is 26.3 Å². The van der Waals surface area contributed by atoms with Gasteiger partial charge in [0.05, 0.1) is 5.69 Å². The molecule has 0 radical (unpaired) electrons. The van der Waals surface area contributed by atoms with E-state index in [0.29, 0.717) is 11.7 Å². The Labute approximate surface area is 119 Å². The molecule has 1 atom stereocenters. The quantitative estimate of drug-likeness (QED) is 0.924. The van der Waals surface area contributed by atoms with E-state index in [0.717, 1.165) is 5.69 Å². The molecule has 1 aromatic carbocycles. The van der Waals surface area contributed by atoms with Crippen molar-refractivity contribution in [3.8, 4) is 5.69 Å². The SMILES string of the molecule is CNC(C)c1ccc(-n2ccc(C(=O)N(C)C)n2)cc1. The molecule has 0 spiro atoms. The zero-order valence-electron chi connectivity index (χ0n) is 12.3. The van der Waals surface area contributed by atoms with Crippen molar-refractivity contribution in [2.45, 2.75) is 13.0 Å². The highest BCUT2D eigenvalue weighted by Crippen LogP contribution is 2.15. The summed E-state index contributed by atoms with van der Waals surface area (Å²) in [7, 11) is 5.37. The molecule has 0 aliphatic rings. The zero-order valence-corrected chi connectivity index (χ0v) is 12.3. The lowest BCUT2D eigenvalue weighted by molar-refractivity contribution is 0.0821. The number of carbonyl (C=O) groups excluding carboxylic acids is 1. The smallest absolute Gasteiger partial charge is 0.273 e. The fourth-order valence-electron chi connectivity index (χ4n) is 1.89. The monoisotopic (exact) mass is 272 g/mol. The van der Waals surface area contributed by atoms with Gasteiger partial charge in [-0.25, -0.2) is 4.68 Å². The topological polar surface area (TPSA) is 50.2 Å². The van der Waals surface area contributed by atoms with E-state index in [1.54, 1.807) is 31.0 Å². The highest BCUT2D eigenvalue weighted by molar-refractivity contribution is 5.91. The van der Waals surface area contributed by atoms with Gasteiger partial charge >= 0.3 is 0 Å². The van der Waals surface area contributed by atoms with Crippen LogP contribution in [0.4, 0.5) is 0 Å². The minimum absolute atomic E-state index is 0.0934. The average Bonchev–Trinajstić information content (AvgIpc) is 2.95. The van der Waals surface area contributed by atoms with Gasteiger partial charge in [-0.2, -0.15) is 5.10 Å². The molecule has 0 saturated heterocycles. The van der Waals surface area contributed by atoms with Gasteiger partial charge in [0.2, 0.25) is 0 Å². The summed E-state index contributed by atoms with van der Waals surface area (Å²) in [5.41, 5.74) is 2.60. The van der Waals surface area contributed by atoms with Crippen molar-refractivity contribution in [3.05, 3.63) is 47.8 Å². The van der Waals surface area contributed by atoms with E-state index >= 15 is 0 Å². The summed E-state index contributed by atoms with van der Waals surface area (Å²) in [4.78, 5) is 13.3. The first-order valence-corrected chi connectivity index (χ1v) is 6.58. The van der Waals surface area contributed by atoms with E-state index < -0.39 is 0 Å². The Hall–Kier alpha value is -2.14. The van der Waals surface area contributed by atoms with Crippen LogP contribution in [0.1, 0.15) is 29.0 Å². The first-order chi connectivity index (χ1) is 9.52. The van der Waals surface area contributed by atoms with Gasteiger partial charge in [0.15, 0.2) is 5.69 Å². The van der Waals surface area contributed by atoms with Gasteiger partial charge in [-0.1, -0.05) is 12.1 Å². The van der Waals surface area contributed by atoms with Crippen LogP contribution in [0.25, 0.3) is 5.69 Å². The average molecular weight is 272 g/mol. The van der Waals surface area contributed by atoms with Crippen molar-refractivity contribution in [2.24, 2.45) is 0 Å². The van der Waals surface area contributed by atoms with Gasteiger partial charge < -0.3 is 10.2 Å². The molecular formula is C15H20N4O. The summed E-state index contributed by atoms with van der Waals surface area (Å²) < 4.78 is 1.71. The summed E-state index contributed by atoms with van der Waals surface area (Å²) in [6, 6.07) is 10.2. The molecule has 1 heterocycles. The third-order valence-corrected chi connectivity index (χ3v) is 3.31. The van der Waals surface area contributed by atoms with Crippen LogP contribution < -0.4 is 5.32 Å². The first-order valence-electron chi connectivity index (χ1n) is 6.58. The fraction of sp³-hybridized carbons (Fsp3) is 0.333.